The van der Waals surface area contributed by atoms with Crippen LogP contribution >= 0.6 is 0 Å². The SMILES string of the molecule is CNCCC(=O)N1CCN(CC(=O)N(C)C2CCCCC2)CC1. The van der Waals surface area contributed by atoms with E-state index >= 15 is 0 Å². The van der Waals surface area contributed by atoms with Crippen LogP contribution in [0.3, 0.4) is 0 Å². The first-order chi connectivity index (χ1) is 11.1. The van der Waals surface area contributed by atoms with Gasteiger partial charge in [-0.25, -0.2) is 0 Å². The normalized spacial score (nSPS) is 20.5. The van der Waals surface area contributed by atoms with Crippen molar-refractivity contribution in [3.05, 3.63) is 0 Å². The zero-order chi connectivity index (χ0) is 16.7. The average Bonchev–Trinajstić information content (AvgIpc) is 2.60. The minimum absolute atomic E-state index is 0.213. The number of rotatable bonds is 6. The molecule has 1 heterocycles. The Balaban J connectivity index is 1.70. The molecular formula is C17H32N4O2. The second kappa shape index (κ2) is 9.23. The Morgan fingerprint density at radius 1 is 1.09 bits per heavy atom. The predicted molar refractivity (Wildman–Crippen MR) is 91.2 cm³/mol. The highest BCUT2D eigenvalue weighted by Crippen LogP contribution is 2.21. The Kier molecular flexibility index (Phi) is 7.30. The third kappa shape index (κ3) is 5.46. The highest BCUT2D eigenvalue weighted by molar-refractivity contribution is 5.78. The van der Waals surface area contributed by atoms with E-state index in [0.29, 0.717) is 19.0 Å². The van der Waals surface area contributed by atoms with Crippen molar-refractivity contribution in [2.45, 2.75) is 44.6 Å². The third-order valence-corrected chi connectivity index (χ3v) is 5.19. The summed E-state index contributed by atoms with van der Waals surface area (Å²) in [6.07, 6.45) is 6.65. The predicted octanol–water partition coefficient (Wildman–Crippen LogP) is 0.531. The van der Waals surface area contributed by atoms with Gasteiger partial charge in [0.1, 0.15) is 0 Å². The standard InChI is InChI=1S/C17H32N4O2/c1-18-9-8-16(22)21-12-10-20(11-13-21)14-17(23)19(2)15-6-4-3-5-7-15/h15,18H,3-14H2,1-2H3. The quantitative estimate of drug-likeness (QED) is 0.774. The highest BCUT2D eigenvalue weighted by Gasteiger charge is 2.26. The molecule has 0 bridgehead atoms. The van der Waals surface area contributed by atoms with Gasteiger partial charge in [0, 0.05) is 52.2 Å². The smallest absolute Gasteiger partial charge is 0.236 e. The monoisotopic (exact) mass is 324 g/mol. The summed E-state index contributed by atoms with van der Waals surface area (Å²) in [6.45, 7) is 4.30. The van der Waals surface area contributed by atoms with Gasteiger partial charge in [0.15, 0.2) is 0 Å². The molecule has 1 aliphatic heterocycles. The first-order valence-electron chi connectivity index (χ1n) is 9.02. The molecule has 2 aliphatic rings. The molecule has 132 valence electrons. The van der Waals surface area contributed by atoms with Gasteiger partial charge in [0.05, 0.1) is 6.54 Å². The summed E-state index contributed by atoms with van der Waals surface area (Å²) in [7, 11) is 3.81. The van der Waals surface area contributed by atoms with E-state index in [-0.39, 0.29) is 11.8 Å². The van der Waals surface area contributed by atoms with Gasteiger partial charge in [-0.1, -0.05) is 19.3 Å². The largest absolute Gasteiger partial charge is 0.342 e. The minimum atomic E-state index is 0.213. The molecule has 0 radical (unpaired) electrons. The lowest BCUT2D eigenvalue weighted by molar-refractivity contribution is -0.135. The molecule has 6 heteroatoms. The number of likely N-dealkylation sites (N-methyl/N-ethyl adjacent to an activating group) is 1. The number of nitrogens with one attached hydrogen (secondary N) is 1. The van der Waals surface area contributed by atoms with Crippen LogP contribution in [0.15, 0.2) is 0 Å². The Morgan fingerprint density at radius 2 is 1.74 bits per heavy atom. The second-order valence-electron chi connectivity index (χ2n) is 6.81. The van der Waals surface area contributed by atoms with Crippen LogP contribution in [0, 0.1) is 0 Å². The van der Waals surface area contributed by atoms with Crippen molar-refractivity contribution in [3.63, 3.8) is 0 Å². The lowest BCUT2D eigenvalue weighted by Crippen LogP contribution is -2.52. The molecular weight excluding hydrogens is 292 g/mol. The van der Waals surface area contributed by atoms with E-state index in [2.05, 4.69) is 10.2 Å². The summed E-state index contributed by atoms with van der Waals surface area (Å²) in [4.78, 5) is 30.5. The van der Waals surface area contributed by atoms with E-state index in [1.54, 1.807) is 0 Å². The molecule has 0 aromatic rings. The van der Waals surface area contributed by atoms with Gasteiger partial charge in [-0.2, -0.15) is 0 Å². The summed E-state index contributed by atoms with van der Waals surface area (Å²) in [6, 6.07) is 0.431. The maximum absolute atomic E-state index is 12.5. The van der Waals surface area contributed by atoms with E-state index in [0.717, 1.165) is 45.6 Å². The van der Waals surface area contributed by atoms with Crippen LogP contribution in [0.25, 0.3) is 0 Å². The van der Waals surface area contributed by atoms with Gasteiger partial charge in [0.25, 0.3) is 0 Å². The topological polar surface area (TPSA) is 55.9 Å². The fraction of sp³-hybridized carbons (Fsp3) is 0.882. The van der Waals surface area contributed by atoms with E-state index < -0.39 is 0 Å². The lowest BCUT2D eigenvalue weighted by Gasteiger charge is -2.37. The molecule has 2 amide bonds. The van der Waals surface area contributed by atoms with Crippen LogP contribution in [-0.4, -0.2) is 85.9 Å². The second-order valence-corrected chi connectivity index (χ2v) is 6.81. The molecule has 6 nitrogen and oxygen atoms in total. The number of amides is 2. The highest BCUT2D eigenvalue weighted by atomic mass is 16.2. The van der Waals surface area contributed by atoms with Crippen molar-refractivity contribution in [2.75, 3.05) is 53.4 Å². The van der Waals surface area contributed by atoms with Crippen LogP contribution in [0.5, 0.6) is 0 Å². The van der Waals surface area contributed by atoms with Crippen molar-refractivity contribution >= 4 is 11.8 Å². The summed E-state index contributed by atoms with van der Waals surface area (Å²) in [5.74, 6) is 0.441. The molecule has 1 N–H and O–H groups in total. The summed E-state index contributed by atoms with van der Waals surface area (Å²) in [5, 5.41) is 3.01. The van der Waals surface area contributed by atoms with Crippen molar-refractivity contribution in [2.24, 2.45) is 0 Å². The van der Waals surface area contributed by atoms with E-state index in [1.165, 1.54) is 19.3 Å². The van der Waals surface area contributed by atoms with Crippen LogP contribution < -0.4 is 5.32 Å². The Hall–Kier alpha value is -1.14. The molecule has 0 aromatic heterocycles. The van der Waals surface area contributed by atoms with E-state index in [4.69, 9.17) is 0 Å². The molecule has 0 spiro atoms. The van der Waals surface area contributed by atoms with Crippen LogP contribution in [0.4, 0.5) is 0 Å². The average molecular weight is 324 g/mol. The van der Waals surface area contributed by atoms with Crippen LogP contribution in [0.2, 0.25) is 0 Å². The molecule has 2 rings (SSSR count). The molecule has 0 atom stereocenters. The first kappa shape index (κ1) is 18.2. The van der Waals surface area contributed by atoms with Crippen LogP contribution in [0.1, 0.15) is 38.5 Å². The number of carbonyl (C=O) groups is 2. The lowest BCUT2D eigenvalue weighted by atomic mass is 9.94. The fourth-order valence-electron chi connectivity index (χ4n) is 3.52. The van der Waals surface area contributed by atoms with Gasteiger partial charge in [-0.05, 0) is 19.9 Å². The summed E-state index contributed by atoms with van der Waals surface area (Å²) in [5.41, 5.74) is 0. The number of hydrogen-bond donors (Lipinski definition) is 1. The van der Waals surface area contributed by atoms with Crippen molar-refractivity contribution < 1.29 is 9.59 Å². The number of carbonyl (C=O) groups excluding carboxylic acids is 2. The number of hydrogen-bond acceptors (Lipinski definition) is 4. The Labute approximate surface area is 140 Å². The van der Waals surface area contributed by atoms with Gasteiger partial charge in [-0.15, -0.1) is 0 Å². The third-order valence-electron chi connectivity index (χ3n) is 5.19. The molecule has 0 unspecified atom stereocenters. The molecule has 23 heavy (non-hydrogen) atoms. The molecule has 0 aromatic carbocycles. The number of piperazine rings is 1. The van der Waals surface area contributed by atoms with Gasteiger partial charge in [0.2, 0.25) is 11.8 Å². The first-order valence-corrected chi connectivity index (χ1v) is 9.02. The zero-order valence-corrected chi connectivity index (χ0v) is 14.7. The molecule has 1 aliphatic carbocycles. The Morgan fingerprint density at radius 3 is 2.35 bits per heavy atom. The molecule has 1 saturated carbocycles. The zero-order valence-electron chi connectivity index (χ0n) is 14.7. The van der Waals surface area contributed by atoms with Gasteiger partial charge in [-0.3, -0.25) is 14.5 Å². The maximum atomic E-state index is 12.5. The van der Waals surface area contributed by atoms with Crippen molar-refractivity contribution in [1.82, 2.24) is 20.0 Å². The van der Waals surface area contributed by atoms with Crippen molar-refractivity contribution in [1.29, 1.82) is 0 Å². The van der Waals surface area contributed by atoms with Gasteiger partial charge >= 0.3 is 0 Å². The fourth-order valence-corrected chi connectivity index (χ4v) is 3.52. The van der Waals surface area contributed by atoms with Crippen molar-refractivity contribution in [3.8, 4) is 0 Å². The minimum Gasteiger partial charge on any atom is -0.342 e. The summed E-state index contributed by atoms with van der Waals surface area (Å²) >= 11 is 0. The van der Waals surface area contributed by atoms with Crippen LogP contribution in [-0.2, 0) is 9.59 Å². The Bertz CT molecular complexity index is 388. The maximum Gasteiger partial charge on any atom is 0.236 e. The van der Waals surface area contributed by atoms with Gasteiger partial charge < -0.3 is 15.1 Å². The summed E-state index contributed by atoms with van der Waals surface area (Å²) < 4.78 is 0. The molecule has 1 saturated heterocycles. The van der Waals surface area contributed by atoms with E-state index in [9.17, 15) is 9.59 Å². The van der Waals surface area contributed by atoms with E-state index in [1.807, 2.05) is 23.9 Å². The molecule has 2 fully saturated rings. The number of nitrogens with zero attached hydrogens (tertiary/aromatic N) is 3.